The number of hydrogen-bond acceptors (Lipinski definition) is 4. The number of amides is 1. The number of hydrogen-bond donors (Lipinski definition) is 1. The minimum absolute atomic E-state index is 0.247. The summed E-state index contributed by atoms with van der Waals surface area (Å²) in [5.74, 6) is 0.923. The number of benzene rings is 2. The minimum Gasteiger partial charge on any atom is -0.455 e. The monoisotopic (exact) mass is 291 g/mol. The Morgan fingerprint density at radius 3 is 2.45 bits per heavy atom. The molecule has 0 aliphatic heterocycles. The fourth-order valence-corrected chi connectivity index (χ4v) is 1.88. The molecule has 0 spiro atoms. The minimum atomic E-state index is -0.336. The Balaban J connectivity index is 1.81. The van der Waals surface area contributed by atoms with E-state index in [1.54, 1.807) is 24.3 Å². The number of rotatable bonds is 4. The van der Waals surface area contributed by atoms with E-state index in [0.29, 0.717) is 17.2 Å². The number of anilines is 1. The number of nitrogens with one attached hydrogen (secondary N) is 1. The second kappa shape index (κ2) is 6.49. The highest BCUT2D eigenvalue weighted by Crippen LogP contribution is 2.29. The van der Waals surface area contributed by atoms with Gasteiger partial charge in [0, 0.05) is 6.20 Å². The predicted octanol–water partition coefficient (Wildman–Crippen LogP) is 3.52. The molecule has 5 heteroatoms. The van der Waals surface area contributed by atoms with Crippen molar-refractivity contribution in [2.75, 3.05) is 5.32 Å². The van der Waals surface area contributed by atoms with Crippen LogP contribution in [0, 0.1) is 0 Å². The van der Waals surface area contributed by atoms with Crippen molar-refractivity contribution >= 4 is 11.6 Å². The van der Waals surface area contributed by atoms with E-state index >= 15 is 0 Å². The lowest BCUT2D eigenvalue weighted by molar-refractivity contribution is 0.102. The molecular formula is C17H13N3O2. The Morgan fingerprint density at radius 2 is 1.68 bits per heavy atom. The lowest BCUT2D eigenvalue weighted by atomic mass is 10.2. The topological polar surface area (TPSA) is 64.1 Å². The highest BCUT2D eigenvalue weighted by atomic mass is 16.5. The van der Waals surface area contributed by atoms with Crippen LogP contribution in [-0.4, -0.2) is 16.1 Å². The molecule has 0 fully saturated rings. The maximum Gasteiger partial charge on any atom is 0.276 e. The van der Waals surface area contributed by atoms with Crippen LogP contribution in [0.15, 0.2) is 72.9 Å². The summed E-state index contributed by atoms with van der Waals surface area (Å²) < 4.78 is 5.80. The van der Waals surface area contributed by atoms with E-state index in [0.717, 1.165) is 0 Å². The number of carbonyl (C=O) groups excluding carboxylic acids is 1. The van der Waals surface area contributed by atoms with Crippen molar-refractivity contribution in [2.45, 2.75) is 0 Å². The van der Waals surface area contributed by atoms with Crippen molar-refractivity contribution in [3.63, 3.8) is 0 Å². The molecule has 1 amide bonds. The highest BCUT2D eigenvalue weighted by molar-refractivity contribution is 6.03. The Hall–Kier alpha value is -3.21. The van der Waals surface area contributed by atoms with Crippen LogP contribution in [-0.2, 0) is 0 Å². The Morgan fingerprint density at radius 1 is 0.909 bits per heavy atom. The summed E-state index contributed by atoms with van der Waals surface area (Å²) in [6, 6.07) is 19.9. The third kappa shape index (κ3) is 3.27. The first-order chi connectivity index (χ1) is 10.8. The second-order valence-corrected chi connectivity index (χ2v) is 4.47. The van der Waals surface area contributed by atoms with Gasteiger partial charge in [-0.05, 0) is 36.4 Å². The van der Waals surface area contributed by atoms with Crippen molar-refractivity contribution in [1.82, 2.24) is 10.2 Å². The van der Waals surface area contributed by atoms with Crippen LogP contribution in [0.4, 0.5) is 5.69 Å². The maximum atomic E-state index is 12.1. The largest absolute Gasteiger partial charge is 0.455 e. The van der Waals surface area contributed by atoms with Gasteiger partial charge in [-0.3, -0.25) is 4.79 Å². The first-order valence-electron chi connectivity index (χ1n) is 6.74. The van der Waals surface area contributed by atoms with Crippen LogP contribution in [0.5, 0.6) is 11.5 Å². The predicted molar refractivity (Wildman–Crippen MR) is 82.9 cm³/mol. The molecule has 1 heterocycles. The molecule has 3 aromatic rings. The normalized spacial score (nSPS) is 10.0. The van der Waals surface area contributed by atoms with E-state index in [2.05, 4.69) is 15.5 Å². The molecule has 108 valence electrons. The van der Waals surface area contributed by atoms with E-state index in [-0.39, 0.29) is 11.6 Å². The Labute approximate surface area is 127 Å². The molecule has 3 rings (SSSR count). The average Bonchev–Trinajstić information content (AvgIpc) is 2.58. The van der Waals surface area contributed by atoms with Crippen LogP contribution in [0.1, 0.15) is 10.5 Å². The molecule has 5 nitrogen and oxygen atoms in total. The van der Waals surface area contributed by atoms with Crippen molar-refractivity contribution in [3.8, 4) is 11.5 Å². The summed E-state index contributed by atoms with van der Waals surface area (Å²) >= 11 is 0. The molecule has 1 aromatic heterocycles. The molecular weight excluding hydrogens is 278 g/mol. The van der Waals surface area contributed by atoms with Crippen molar-refractivity contribution < 1.29 is 9.53 Å². The summed E-state index contributed by atoms with van der Waals surface area (Å²) in [7, 11) is 0. The fraction of sp³-hybridized carbons (Fsp3) is 0. The fourth-order valence-electron chi connectivity index (χ4n) is 1.88. The first kappa shape index (κ1) is 13.8. The van der Waals surface area contributed by atoms with Gasteiger partial charge in [0.05, 0.1) is 5.69 Å². The van der Waals surface area contributed by atoms with Gasteiger partial charge in [0.25, 0.3) is 5.91 Å². The van der Waals surface area contributed by atoms with Gasteiger partial charge < -0.3 is 10.1 Å². The zero-order chi connectivity index (χ0) is 15.2. The van der Waals surface area contributed by atoms with E-state index in [1.165, 1.54) is 6.20 Å². The lowest BCUT2D eigenvalue weighted by Gasteiger charge is -2.11. The number of para-hydroxylation sites is 3. The number of ether oxygens (including phenoxy) is 1. The molecule has 0 radical (unpaired) electrons. The highest BCUT2D eigenvalue weighted by Gasteiger charge is 2.11. The maximum absolute atomic E-state index is 12.1. The smallest absolute Gasteiger partial charge is 0.276 e. The average molecular weight is 291 g/mol. The van der Waals surface area contributed by atoms with Crippen LogP contribution in [0.2, 0.25) is 0 Å². The third-order valence-corrected chi connectivity index (χ3v) is 2.91. The quantitative estimate of drug-likeness (QED) is 0.798. The van der Waals surface area contributed by atoms with Gasteiger partial charge in [0.1, 0.15) is 5.75 Å². The van der Waals surface area contributed by atoms with Crippen LogP contribution in [0.25, 0.3) is 0 Å². The summed E-state index contributed by atoms with van der Waals surface area (Å²) in [6.07, 6.45) is 1.52. The lowest BCUT2D eigenvalue weighted by Crippen LogP contribution is -2.14. The SMILES string of the molecule is O=C(Nc1ccccc1Oc1ccccc1)c1cccnn1. The van der Waals surface area contributed by atoms with Gasteiger partial charge >= 0.3 is 0 Å². The van der Waals surface area contributed by atoms with Crippen LogP contribution in [0.3, 0.4) is 0 Å². The van der Waals surface area contributed by atoms with Crippen molar-refractivity contribution in [3.05, 3.63) is 78.6 Å². The van der Waals surface area contributed by atoms with Crippen LogP contribution >= 0.6 is 0 Å². The summed E-state index contributed by atoms with van der Waals surface area (Å²) in [6.45, 7) is 0. The van der Waals surface area contributed by atoms with Crippen molar-refractivity contribution in [1.29, 1.82) is 0 Å². The van der Waals surface area contributed by atoms with E-state index in [9.17, 15) is 4.79 Å². The number of carbonyl (C=O) groups is 1. The summed E-state index contributed by atoms with van der Waals surface area (Å²) in [4.78, 5) is 12.1. The molecule has 0 aliphatic rings. The van der Waals surface area contributed by atoms with Gasteiger partial charge in [0.15, 0.2) is 11.4 Å². The van der Waals surface area contributed by atoms with E-state index in [4.69, 9.17) is 4.74 Å². The van der Waals surface area contributed by atoms with Gasteiger partial charge in [-0.1, -0.05) is 30.3 Å². The molecule has 2 aromatic carbocycles. The molecule has 0 bridgehead atoms. The van der Waals surface area contributed by atoms with E-state index in [1.807, 2.05) is 42.5 Å². The zero-order valence-corrected chi connectivity index (χ0v) is 11.6. The second-order valence-electron chi connectivity index (χ2n) is 4.47. The molecule has 0 saturated carbocycles. The van der Waals surface area contributed by atoms with Crippen molar-refractivity contribution in [2.24, 2.45) is 0 Å². The van der Waals surface area contributed by atoms with Gasteiger partial charge in [-0.25, -0.2) is 0 Å². The molecule has 0 unspecified atom stereocenters. The Kier molecular flexibility index (Phi) is 4.06. The summed E-state index contributed by atoms with van der Waals surface area (Å²) in [5, 5.41) is 10.3. The Bertz CT molecular complexity index is 761. The van der Waals surface area contributed by atoms with Gasteiger partial charge in [-0.2, -0.15) is 5.10 Å². The first-order valence-corrected chi connectivity index (χ1v) is 6.74. The van der Waals surface area contributed by atoms with Crippen LogP contribution < -0.4 is 10.1 Å². The standard InChI is InChI=1S/C17H13N3O2/c21-17(15-10-6-12-18-20-15)19-14-9-4-5-11-16(14)22-13-7-2-1-3-8-13/h1-12H,(H,19,21). The number of nitrogens with zero attached hydrogens (tertiary/aromatic N) is 2. The van der Waals surface area contributed by atoms with Gasteiger partial charge in [-0.15, -0.1) is 5.10 Å². The van der Waals surface area contributed by atoms with E-state index < -0.39 is 0 Å². The third-order valence-electron chi connectivity index (χ3n) is 2.91. The molecule has 22 heavy (non-hydrogen) atoms. The molecule has 0 saturated heterocycles. The zero-order valence-electron chi connectivity index (χ0n) is 11.6. The van der Waals surface area contributed by atoms with Gasteiger partial charge in [0.2, 0.25) is 0 Å². The molecule has 0 atom stereocenters. The molecule has 1 N–H and O–H groups in total. The number of aromatic nitrogens is 2. The summed E-state index contributed by atoms with van der Waals surface area (Å²) in [5.41, 5.74) is 0.819. The molecule has 0 aliphatic carbocycles.